The van der Waals surface area contributed by atoms with Crippen LogP contribution in [0.5, 0.6) is 0 Å². The number of hydrogen-bond donors (Lipinski definition) is 1. The van der Waals surface area contributed by atoms with E-state index in [1.54, 1.807) is 24.3 Å². The zero-order valence-corrected chi connectivity index (χ0v) is 16.5. The Hall–Kier alpha value is -1.85. The number of halogens is 1. The Balaban J connectivity index is 1.93. The Kier molecular flexibility index (Phi) is 5.99. The average Bonchev–Trinajstić information content (AvgIpc) is 2.76. The summed E-state index contributed by atoms with van der Waals surface area (Å²) in [6, 6.07) is 6.69. The van der Waals surface area contributed by atoms with Crippen LogP contribution >= 0.6 is 22.9 Å². The number of anilines is 1. The molecule has 1 N–H and O–H groups in total. The van der Waals surface area contributed by atoms with Gasteiger partial charge in [0.2, 0.25) is 0 Å². The van der Waals surface area contributed by atoms with Gasteiger partial charge in [-0.1, -0.05) is 18.0 Å². The third-order valence-electron chi connectivity index (χ3n) is 4.30. The molecule has 1 aromatic carbocycles. The van der Waals surface area contributed by atoms with E-state index < -0.39 is 0 Å². The number of amides is 1. The standard InChI is InChI=1S/C20H22ClNO3S/c1-12(2)25-20(24)17-15-6-4-3-5-7-16(15)26-19(17)22-18(23)13-8-10-14(21)11-9-13/h8-12H,3-7H2,1-2H3,(H,22,23). The van der Waals surface area contributed by atoms with Crippen LogP contribution in [-0.4, -0.2) is 18.0 Å². The fraction of sp³-hybridized carbons (Fsp3) is 0.400. The fourth-order valence-electron chi connectivity index (χ4n) is 3.10. The lowest BCUT2D eigenvalue weighted by atomic mass is 10.1. The van der Waals surface area contributed by atoms with Crippen LogP contribution in [0.4, 0.5) is 5.00 Å². The number of hydrogen-bond acceptors (Lipinski definition) is 4. The van der Waals surface area contributed by atoms with E-state index >= 15 is 0 Å². The van der Waals surface area contributed by atoms with E-state index in [0.717, 1.165) is 37.7 Å². The van der Waals surface area contributed by atoms with E-state index in [-0.39, 0.29) is 18.0 Å². The van der Waals surface area contributed by atoms with Crippen molar-refractivity contribution >= 4 is 39.8 Å². The van der Waals surface area contributed by atoms with Crippen molar-refractivity contribution in [1.82, 2.24) is 0 Å². The van der Waals surface area contributed by atoms with Crippen LogP contribution in [0.3, 0.4) is 0 Å². The number of rotatable bonds is 4. The Bertz CT molecular complexity index is 811. The minimum atomic E-state index is -0.356. The van der Waals surface area contributed by atoms with Gasteiger partial charge in [0, 0.05) is 15.5 Å². The van der Waals surface area contributed by atoms with Gasteiger partial charge in [-0.15, -0.1) is 11.3 Å². The van der Waals surface area contributed by atoms with Gasteiger partial charge in [0.15, 0.2) is 0 Å². The van der Waals surface area contributed by atoms with Crippen LogP contribution in [0.2, 0.25) is 5.02 Å². The maximum Gasteiger partial charge on any atom is 0.341 e. The van der Waals surface area contributed by atoms with Gasteiger partial charge in [-0.2, -0.15) is 0 Å². The van der Waals surface area contributed by atoms with Gasteiger partial charge >= 0.3 is 5.97 Å². The molecule has 0 bridgehead atoms. The third kappa shape index (κ3) is 4.27. The molecule has 26 heavy (non-hydrogen) atoms. The van der Waals surface area contributed by atoms with Crippen LogP contribution in [0.25, 0.3) is 0 Å². The van der Waals surface area contributed by atoms with Gasteiger partial charge in [-0.3, -0.25) is 4.79 Å². The molecule has 0 atom stereocenters. The second-order valence-electron chi connectivity index (χ2n) is 6.68. The SMILES string of the molecule is CC(C)OC(=O)c1c(NC(=O)c2ccc(Cl)cc2)sc2c1CCCCC2. The third-order valence-corrected chi connectivity index (χ3v) is 5.76. The van der Waals surface area contributed by atoms with Crippen molar-refractivity contribution in [3.63, 3.8) is 0 Å². The van der Waals surface area contributed by atoms with Crippen molar-refractivity contribution in [3.8, 4) is 0 Å². The molecule has 0 saturated carbocycles. The average molecular weight is 392 g/mol. The van der Waals surface area contributed by atoms with E-state index in [1.165, 1.54) is 16.2 Å². The number of esters is 1. The zero-order chi connectivity index (χ0) is 18.7. The van der Waals surface area contributed by atoms with Gasteiger partial charge in [0.05, 0.1) is 11.7 Å². The van der Waals surface area contributed by atoms with Crippen LogP contribution < -0.4 is 5.32 Å². The number of fused-ring (bicyclic) bond motifs is 1. The first kappa shape index (κ1) is 18.9. The number of thiophene rings is 1. The van der Waals surface area contributed by atoms with Crippen LogP contribution in [0.1, 0.15) is 64.3 Å². The van der Waals surface area contributed by atoms with Crippen molar-refractivity contribution in [2.45, 2.75) is 52.1 Å². The molecule has 6 heteroatoms. The van der Waals surface area contributed by atoms with Gasteiger partial charge in [-0.25, -0.2) is 4.79 Å². The molecule has 4 nitrogen and oxygen atoms in total. The Morgan fingerprint density at radius 2 is 1.81 bits per heavy atom. The molecule has 1 amide bonds. The first-order valence-electron chi connectivity index (χ1n) is 8.88. The highest BCUT2D eigenvalue weighted by molar-refractivity contribution is 7.17. The Labute approximate surface area is 162 Å². The second kappa shape index (κ2) is 8.23. The van der Waals surface area contributed by atoms with E-state index in [0.29, 0.717) is 21.2 Å². The minimum absolute atomic E-state index is 0.205. The van der Waals surface area contributed by atoms with Crippen molar-refractivity contribution in [1.29, 1.82) is 0 Å². The van der Waals surface area contributed by atoms with Crippen molar-refractivity contribution < 1.29 is 14.3 Å². The van der Waals surface area contributed by atoms with E-state index in [2.05, 4.69) is 5.32 Å². The number of ether oxygens (including phenoxy) is 1. The number of carbonyl (C=O) groups excluding carboxylic acids is 2. The largest absolute Gasteiger partial charge is 0.459 e. The molecular weight excluding hydrogens is 370 g/mol. The first-order valence-corrected chi connectivity index (χ1v) is 10.1. The van der Waals surface area contributed by atoms with Crippen molar-refractivity contribution in [3.05, 3.63) is 50.9 Å². The van der Waals surface area contributed by atoms with Crippen molar-refractivity contribution in [2.24, 2.45) is 0 Å². The van der Waals surface area contributed by atoms with Gasteiger partial charge < -0.3 is 10.1 Å². The Morgan fingerprint density at radius 1 is 1.12 bits per heavy atom. The van der Waals surface area contributed by atoms with Crippen molar-refractivity contribution in [2.75, 3.05) is 5.32 Å². The lowest BCUT2D eigenvalue weighted by molar-refractivity contribution is 0.0378. The molecule has 0 fully saturated rings. The molecule has 138 valence electrons. The summed E-state index contributed by atoms with van der Waals surface area (Å²) in [6.07, 6.45) is 4.91. The van der Waals surface area contributed by atoms with Crippen LogP contribution in [-0.2, 0) is 17.6 Å². The summed E-state index contributed by atoms with van der Waals surface area (Å²) in [5, 5.41) is 4.07. The van der Waals surface area contributed by atoms with Gasteiger partial charge in [-0.05, 0) is 69.4 Å². The number of nitrogens with one attached hydrogen (secondary N) is 1. The van der Waals surface area contributed by atoms with Gasteiger partial charge in [0.25, 0.3) is 5.91 Å². The molecule has 1 aliphatic rings. The monoisotopic (exact) mass is 391 g/mol. The highest BCUT2D eigenvalue weighted by Gasteiger charge is 2.27. The van der Waals surface area contributed by atoms with E-state index in [9.17, 15) is 9.59 Å². The van der Waals surface area contributed by atoms with Crippen LogP contribution in [0, 0.1) is 0 Å². The summed E-state index contributed by atoms with van der Waals surface area (Å²) >= 11 is 7.38. The second-order valence-corrected chi connectivity index (χ2v) is 8.23. The van der Waals surface area contributed by atoms with E-state index in [4.69, 9.17) is 16.3 Å². The summed E-state index contributed by atoms with van der Waals surface area (Å²) in [5.74, 6) is -0.609. The summed E-state index contributed by atoms with van der Waals surface area (Å²) in [5.41, 5.74) is 2.08. The highest BCUT2D eigenvalue weighted by Crippen LogP contribution is 2.38. The lowest BCUT2D eigenvalue weighted by Crippen LogP contribution is -2.17. The maximum atomic E-state index is 12.7. The molecule has 0 unspecified atom stereocenters. The summed E-state index contributed by atoms with van der Waals surface area (Å²) in [7, 11) is 0. The highest BCUT2D eigenvalue weighted by atomic mass is 35.5. The molecule has 2 aromatic rings. The maximum absolute atomic E-state index is 12.7. The zero-order valence-electron chi connectivity index (χ0n) is 14.9. The Morgan fingerprint density at radius 3 is 2.50 bits per heavy atom. The van der Waals surface area contributed by atoms with E-state index in [1.807, 2.05) is 13.8 Å². The molecule has 0 spiro atoms. The summed E-state index contributed by atoms with van der Waals surface area (Å²) < 4.78 is 5.44. The summed E-state index contributed by atoms with van der Waals surface area (Å²) in [4.78, 5) is 26.5. The molecule has 3 rings (SSSR count). The quantitative estimate of drug-likeness (QED) is 0.554. The predicted octanol–water partition coefficient (Wildman–Crippen LogP) is 5.49. The topological polar surface area (TPSA) is 55.4 Å². The molecule has 0 aliphatic heterocycles. The molecular formula is C20H22ClNO3S. The summed E-state index contributed by atoms with van der Waals surface area (Å²) in [6.45, 7) is 3.66. The number of carbonyl (C=O) groups is 2. The minimum Gasteiger partial charge on any atom is -0.459 e. The predicted molar refractivity (Wildman–Crippen MR) is 106 cm³/mol. The van der Waals surface area contributed by atoms with Gasteiger partial charge in [0.1, 0.15) is 5.00 Å². The molecule has 0 radical (unpaired) electrons. The molecule has 0 saturated heterocycles. The molecule has 1 heterocycles. The fourth-order valence-corrected chi connectivity index (χ4v) is 4.49. The number of benzene rings is 1. The molecule has 1 aliphatic carbocycles. The smallest absolute Gasteiger partial charge is 0.341 e. The molecule has 1 aromatic heterocycles. The van der Waals surface area contributed by atoms with Crippen LogP contribution in [0.15, 0.2) is 24.3 Å². The number of aryl methyl sites for hydroxylation is 1. The first-order chi connectivity index (χ1) is 12.5. The normalized spacial score (nSPS) is 13.8. The lowest BCUT2D eigenvalue weighted by Gasteiger charge is -2.11.